The van der Waals surface area contributed by atoms with Gasteiger partial charge in [0, 0.05) is 10.8 Å². The van der Waals surface area contributed by atoms with E-state index in [2.05, 4.69) is 41.9 Å². The third-order valence-electron chi connectivity index (χ3n) is 4.08. The van der Waals surface area contributed by atoms with Crippen LogP contribution < -0.4 is 5.32 Å². The fraction of sp³-hybridized carbons (Fsp3) is 0.294. The molecule has 1 N–H and O–H groups in total. The Labute approximate surface area is 128 Å². The summed E-state index contributed by atoms with van der Waals surface area (Å²) in [4.78, 5) is 9.58. The molecule has 1 unspecified atom stereocenters. The predicted molar refractivity (Wildman–Crippen MR) is 87.6 cm³/mol. The lowest BCUT2D eigenvalue weighted by atomic mass is 10.1. The van der Waals surface area contributed by atoms with Gasteiger partial charge in [0.15, 0.2) is 0 Å². The van der Waals surface area contributed by atoms with Crippen molar-refractivity contribution in [3.63, 3.8) is 0 Å². The highest BCUT2D eigenvalue weighted by Crippen LogP contribution is 2.30. The van der Waals surface area contributed by atoms with E-state index in [4.69, 9.17) is 9.97 Å². The lowest BCUT2D eigenvalue weighted by Gasteiger charge is -2.06. The zero-order chi connectivity index (χ0) is 14.2. The number of para-hydroxylation sites is 1. The first-order valence-corrected chi connectivity index (χ1v) is 8.25. The van der Waals surface area contributed by atoms with Crippen LogP contribution in [-0.2, 0) is 0 Å². The number of rotatable bonds is 2. The summed E-state index contributed by atoms with van der Waals surface area (Å²) in [6.07, 6.45) is 2.43. The number of hydrogen-bond acceptors (Lipinski definition) is 4. The van der Waals surface area contributed by atoms with Crippen LogP contribution in [0.25, 0.3) is 21.6 Å². The van der Waals surface area contributed by atoms with Crippen LogP contribution in [0.5, 0.6) is 0 Å². The molecule has 4 rings (SSSR count). The van der Waals surface area contributed by atoms with Gasteiger partial charge in [0.25, 0.3) is 0 Å². The van der Waals surface area contributed by atoms with Gasteiger partial charge in [-0.15, -0.1) is 11.3 Å². The number of nitrogens with zero attached hydrogens (tertiary/aromatic N) is 2. The molecule has 0 radical (unpaired) electrons. The lowest BCUT2D eigenvalue weighted by Crippen LogP contribution is -2.12. The van der Waals surface area contributed by atoms with Crippen LogP contribution in [-0.4, -0.2) is 16.5 Å². The van der Waals surface area contributed by atoms with Crippen LogP contribution in [0.3, 0.4) is 0 Å². The maximum absolute atomic E-state index is 4.80. The second-order valence-electron chi connectivity index (χ2n) is 5.57. The summed E-state index contributed by atoms with van der Waals surface area (Å²) in [7, 11) is 0. The zero-order valence-electron chi connectivity index (χ0n) is 12.0. The first-order valence-electron chi connectivity index (χ1n) is 7.37. The minimum atomic E-state index is 0.427. The minimum Gasteiger partial charge on any atom is -0.309 e. The van der Waals surface area contributed by atoms with Gasteiger partial charge in [-0.2, -0.15) is 0 Å². The van der Waals surface area contributed by atoms with E-state index in [1.165, 1.54) is 29.5 Å². The standard InChI is InChI=1S/C17H17N3S/c1-11-9-15(19-13-6-3-2-5-12(11)13)17-20-16(10-21-17)14-7-4-8-18-14/h2-3,5-6,9-10,14,18H,4,7-8H2,1H3. The fourth-order valence-electron chi connectivity index (χ4n) is 2.96. The van der Waals surface area contributed by atoms with Crippen molar-refractivity contribution in [1.82, 2.24) is 15.3 Å². The monoisotopic (exact) mass is 295 g/mol. The number of pyridine rings is 1. The summed E-state index contributed by atoms with van der Waals surface area (Å²) in [5.41, 5.74) is 4.45. The van der Waals surface area contributed by atoms with Gasteiger partial charge in [-0.1, -0.05) is 18.2 Å². The molecule has 106 valence electrons. The SMILES string of the molecule is Cc1cc(-c2nc(C3CCCN3)cs2)nc2ccccc12. The largest absolute Gasteiger partial charge is 0.309 e. The molecule has 0 aliphatic carbocycles. The fourth-order valence-corrected chi connectivity index (χ4v) is 3.79. The van der Waals surface area contributed by atoms with E-state index in [1.54, 1.807) is 11.3 Å². The van der Waals surface area contributed by atoms with Gasteiger partial charge < -0.3 is 5.32 Å². The third kappa shape index (κ3) is 2.34. The molecule has 1 fully saturated rings. The van der Waals surface area contributed by atoms with Crippen molar-refractivity contribution >= 4 is 22.2 Å². The van der Waals surface area contributed by atoms with Crippen LogP contribution in [0.4, 0.5) is 0 Å². The molecule has 4 heteroatoms. The van der Waals surface area contributed by atoms with E-state index >= 15 is 0 Å². The van der Waals surface area contributed by atoms with Gasteiger partial charge in [-0.25, -0.2) is 9.97 Å². The second kappa shape index (κ2) is 5.20. The van der Waals surface area contributed by atoms with Crippen molar-refractivity contribution in [3.8, 4) is 10.7 Å². The number of nitrogens with one attached hydrogen (secondary N) is 1. The lowest BCUT2D eigenvalue weighted by molar-refractivity contribution is 0.632. The Hall–Kier alpha value is -1.78. The van der Waals surface area contributed by atoms with Crippen molar-refractivity contribution in [2.75, 3.05) is 6.54 Å². The van der Waals surface area contributed by atoms with Gasteiger partial charge in [-0.05, 0) is 44.0 Å². The number of benzene rings is 1. The molecule has 1 aromatic carbocycles. The molecular weight excluding hydrogens is 278 g/mol. The number of hydrogen-bond donors (Lipinski definition) is 1. The quantitative estimate of drug-likeness (QED) is 0.773. The molecule has 0 bridgehead atoms. The second-order valence-corrected chi connectivity index (χ2v) is 6.43. The van der Waals surface area contributed by atoms with Crippen LogP contribution >= 0.6 is 11.3 Å². The van der Waals surface area contributed by atoms with Crippen molar-refractivity contribution in [3.05, 3.63) is 47.0 Å². The average Bonchev–Trinajstić information content (AvgIpc) is 3.18. The molecule has 2 aromatic heterocycles. The molecule has 3 heterocycles. The maximum Gasteiger partial charge on any atom is 0.142 e. The van der Waals surface area contributed by atoms with Crippen LogP contribution in [0, 0.1) is 6.92 Å². The Bertz CT molecular complexity index is 788. The van der Waals surface area contributed by atoms with Gasteiger partial charge >= 0.3 is 0 Å². The molecular formula is C17H17N3S. The van der Waals surface area contributed by atoms with E-state index in [9.17, 15) is 0 Å². The van der Waals surface area contributed by atoms with Crippen LogP contribution in [0.2, 0.25) is 0 Å². The van der Waals surface area contributed by atoms with E-state index in [0.717, 1.165) is 22.8 Å². The third-order valence-corrected chi connectivity index (χ3v) is 4.96. The Kier molecular flexibility index (Phi) is 3.20. The van der Waals surface area contributed by atoms with Gasteiger partial charge in [0.1, 0.15) is 5.01 Å². The normalized spacial score (nSPS) is 18.4. The Morgan fingerprint density at radius 3 is 3.00 bits per heavy atom. The van der Waals surface area contributed by atoms with Crippen LogP contribution in [0.15, 0.2) is 35.7 Å². The zero-order valence-corrected chi connectivity index (χ0v) is 12.8. The molecule has 0 saturated carbocycles. The summed E-state index contributed by atoms with van der Waals surface area (Å²) >= 11 is 1.69. The molecule has 0 spiro atoms. The Morgan fingerprint density at radius 2 is 2.14 bits per heavy atom. The smallest absolute Gasteiger partial charge is 0.142 e. The number of aryl methyl sites for hydroxylation is 1. The first kappa shape index (κ1) is 12.9. The average molecular weight is 295 g/mol. The predicted octanol–water partition coefficient (Wildman–Crippen LogP) is 4.09. The van der Waals surface area contributed by atoms with E-state index in [-0.39, 0.29) is 0 Å². The van der Waals surface area contributed by atoms with Crippen molar-refractivity contribution in [2.45, 2.75) is 25.8 Å². The summed E-state index contributed by atoms with van der Waals surface area (Å²) < 4.78 is 0. The molecule has 1 aliphatic heterocycles. The molecule has 1 atom stereocenters. The van der Waals surface area contributed by atoms with E-state index < -0.39 is 0 Å². The van der Waals surface area contributed by atoms with Crippen molar-refractivity contribution in [1.29, 1.82) is 0 Å². The number of thiazole rings is 1. The summed E-state index contributed by atoms with van der Waals surface area (Å²) in [6.45, 7) is 3.24. The molecule has 0 amide bonds. The van der Waals surface area contributed by atoms with Gasteiger partial charge in [0.2, 0.25) is 0 Å². The van der Waals surface area contributed by atoms with Gasteiger partial charge in [0.05, 0.1) is 22.9 Å². The van der Waals surface area contributed by atoms with E-state index in [0.29, 0.717) is 6.04 Å². The number of aromatic nitrogens is 2. The molecule has 1 aliphatic rings. The molecule has 3 aromatic rings. The van der Waals surface area contributed by atoms with Crippen LogP contribution in [0.1, 0.15) is 30.1 Å². The summed E-state index contributed by atoms with van der Waals surface area (Å²) in [5, 5.41) is 7.91. The number of fused-ring (bicyclic) bond motifs is 1. The first-order chi connectivity index (χ1) is 10.3. The van der Waals surface area contributed by atoms with E-state index in [1.807, 2.05) is 6.07 Å². The molecule has 21 heavy (non-hydrogen) atoms. The van der Waals surface area contributed by atoms with Crippen molar-refractivity contribution < 1.29 is 0 Å². The highest BCUT2D eigenvalue weighted by molar-refractivity contribution is 7.13. The Morgan fingerprint density at radius 1 is 1.24 bits per heavy atom. The van der Waals surface area contributed by atoms with Crippen molar-refractivity contribution in [2.24, 2.45) is 0 Å². The Balaban J connectivity index is 1.76. The molecule has 1 saturated heterocycles. The maximum atomic E-state index is 4.80. The topological polar surface area (TPSA) is 37.8 Å². The highest BCUT2D eigenvalue weighted by Gasteiger charge is 2.19. The van der Waals surface area contributed by atoms with Gasteiger partial charge in [-0.3, -0.25) is 0 Å². The molecule has 3 nitrogen and oxygen atoms in total. The summed E-state index contributed by atoms with van der Waals surface area (Å²) in [5.74, 6) is 0. The minimum absolute atomic E-state index is 0.427. The summed E-state index contributed by atoms with van der Waals surface area (Å²) in [6, 6.07) is 10.9. The highest BCUT2D eigenvalue weighted by atomic mass is 32.1.